The van der Waals surface area contributed by atoms with Crippen LogP contribution in [0.15, 0.2) is 54.7 Å². The molecular weight excluding hydrogens is 374 g/mol. The maximum atomic E-state index is 13.4. The number of hydrogen-bond acceptors (Lipinski definition) is 3. The fraction of sp³-hybridized carbons (Fsp3) is 0.320. The summed E-state index contributed by atoms with van der Waals surface area (Å²) in [7, 11) is 0. The monoisotopic (exact) mass is 401 g/mol. The molecule has 30 heavy (non-hydrogen) atoms. The molecule has 0 spiro atoms. The summed E-state index contributed by atoms with van der Waals surface area (Å²) >= 11 is 0. The fourth-order valence-electron chi connectivity index (χ4n) is 4.12. The van der Waals surface area contributed by atoms with E-state index in [4.69, 9.17) is 0 Å². The van der Waals surface area contributed by atoms with Crippen molar-refractivity contribution in [3.05, 3.63) is 71.4 Å². The lowest BCUT2D eigenvalue weighted by molar-refractivity contribution is -0.140. The van der Waals surface area contributed by atoms with Crippen LogP contribution in [0.5, 0.6) is 0 Å². The first-order chi connectivity index (χ1) is 14.4. The highest BCUT2D eigenvalue weighted by molar-refractivity contribution is 6.04. The number of aromatic nitrogens is 1. The number of anilines is 1. The average Bonchev–Trinajstić information content (AvgIpc) is 2.74. The van der Waals surface area contributed by atoms with Crippen LogP contribution in [0.1, 0.15) is 37.0 Å². The molecule has 5 nitrogen and oxygen atoms in total. The van der Waals surface area contributed by atoms with Crippen LogP contribution >= 0.6 is 0 Å². The summed E-state index contributed by atoms with van der Waals surface area (Å²) in [6, 6.07) is 15.2. The van der Waals surface area contributed by atoms with Crippen LogP contribution in [0.2, 0.25) is 0 Å². The van der Waals surface area contributed by atoms with Crippen molar-refractivity contribution in [2.45, 2.75) is 46.2 Å². The molecule has 1 N–H and O–H groups in total. The normalized spacial score (nSPS) is 15.9. The van der Waals surface area contributed by atoms with Gasteiger partial charge in [0, 0.05) is 31.0 Å². The summed E-state index contributed by atoms with van der Waals surface area (Å²) in [6.07, 6.45) is 2.71. The third kappa shape index (κ3) is 3.92. The zero-order chi connectivity index (χ0) is 21.3. The molecule has 0 fully saturated rings. The van der Waals surface area contributed by atoms with Gasteiger partial charge in [0.2, 0.25) is 11.8 Å². The summed E-state index contributed by atoms with van der Waals surface area (Å²) in [4.78, 5) is 32.6. The summed E-state index contributed by atoms with van der Waals surface area (Å²) in [5, 5.41) is 3.98. The maximum absolute atomic E-state index is 13.4. The molecule has 3 aromatic rings. The van der Waals surface area contributed by atoms with E-state index in [2.05, 4.69) is 10.3 Å². The molecule has 1 aliphatic heterocycles. The summed E-state index contributed by atoms with van der Waals surface area (Å²) in [6.45, 7) is 6.52. The van der Waals surface area contributed by atoms with Gasteiger partial charge in [-0.2, -0.15) is 0 Å². The first kappa shape index (κ1) is 20.1. The van der Waals surface area contributed by atoms with Gasteiger partial charge in [-0.15, -0.1) is 0 Å². The molecule has 154 valence electrons. The van der Waals surface area contributed by atoms with Crippen molar-refractivity contribution in [2.75, 3.05) is 5.32 Å². The van der Waals surface area contributed by atoms with Crippen LogP contribution < -0.4 is 5.32 Å². The molecule has 2 amide bonds. The Kier molecular flexibility index (Phi) is 5.53. The lowest BCUT2D eigenvalue weighted by Crippen LogP contribution is -2.50. The molecule has 2 heterocycles. The molecule has 1 unspecified atom stereocenters. The Morgan fingerprint density at radius 2 is 1.87 bits per heavy atom. The number of nitrogens with zero attached hydrogens (tertiary/aromatic N) is 2. The van der Waals surface area contributed by atoms with E-state index in [0.717, 1.165) is 33.3 Å². The zero-order valence-electron chi connectivity index (χ0n) is 17.7. The quantitative estimate of drug-likeness (QED) is 0.701. The third-order valence-corrected chi connectivity index (χ3v) is 5.68. The van der Waals surface area contributed by atoms with E-state index in [-0.39, 0.29) is 17.7 Å². The first-order valence-corrected chi connectivity index (χ1v) is 10.5. The topological polar surface area (TPSA) is 62.3 Å². The van der Waals surface area contributed by atoms with Gasteiger partial charge in [-0.3, -0.25) is 14.6 Å². The molecule has 1 atom stereocenters. The highest BCUT2D eigenvalue weighted by Gasteiger charge is 2.34. The molecule has 1 aliphatic rings. The minimum absolute atomic E-state index is 0.0232. The number of nitrogens with one attached hydrogen (secondary N) is 1. The first-order valence-electron chi connectivity index (χ1n) is 10.5. The largest absolute Gasteiger partial charge is 0.326 e. The van der Waals surface area contributed by atoms with Gasteiger partial charge in [0.15, 0.2) is 0 Å². The Morgan fingerprint density at radius 3 is 2.63 bits per heavy atom. The minimum atomic E-state index is -0.529. The van der Waals surface area contributed by atoms with Crippen molar-refractivity contribution in [3.8, 4) is 0 Å². The average molecular weight is 402 g/mol. The van der Waals surface area contributed by atoms with Gasteiger partial charge in [0.05, 0.1) is 11.2 Å². The standard InChI is InChI=1S/C25H27N3O2/c1-16(2)13-23(29)28-15-19-8-5-4-7-18(19)14-22(28)25(30)27-21-11-10-17(3)24-20(21)9-6-12-26-24/h4-12,16,22H,13-15H2,1-3H3,(H,27,30). The van der Waals surface area contributed by atoms with Crippen molar-refractivity contribution in [1.82, 2.24) is 9.88 Å². The second-order valence-electron chi connectivity index (χ2n) is 8.43. The number of rotatable bonds is 4. The second-order valence-corrected chi connectivity index (χ2v) is 8.43. The number of hydrogen-bond donors (Lipinski definition) is 1. The van der Waals surface area contributed by atoms with Crippen molar-refractivity contribution >= 4 is 28.4 Å². The molecule has 2 aromatic carbocycles. The van der Waals surface area contributed by atoms with E-state index >= 15 is 0 Å². The Hall–Kier alpha value is -3.21. The maximum Gasteiger partial charge on any atom is 0.247 e. The lowest BCUT2D eigenvalue weighted by atomic mass is 9.92. The predicted octanol–water partition coefficient (Wildman–Crippen LogP) is 4.48. The van der Waals surface area contributed by atoms with E-state index in [0.29, 0.717) is 19.4 Å². The smallest absolute Gasteiger partial charge is 0.247 e. The molecule has 0 bridgehead atoms. The van der Waals surface area contributed by atoms with Crippen LogP contribution in [0, 0.1) is 12.8 Å². The van der Waals surface area contributed by atoms with E-state index in [1.54, 1.807) is 11.1 Å². The molecule has 5 heteroatoms. The Balaban J connectivity index is 1.66. The number of amides is 2. The van der Waals surface area contributed by atoms with Crippen molar-refractivity contribution in [1.29, 1.82) is 0 Å². The number of carbonyl (C=O) groups excluding carboxylic acids is 2. The minimum Gasteiger partial charge on any atom is -0.326 e. The van der Waals surface area contributed by atoms with Gasteiger partial charge in [-0.1, -0.05) is 44.2 Å². The van der Waals surface area contributed by atoms with Crippen LogP contribution in [-0.4, -0.2) is 27.7 Å². The van der Waals surface area contributed by atoms with Crippen molar-refractivity contribution < 1.29 is 9.59 Å². The predicted molar refractivity (Wildman–Crippen MR) is 119 cm³/mol. The van der Waals surface area contributed by atoms with Gasteiger partial charge in [-0.05, 0) is 47.7 Å². The van der Waals surface area contributed by atoms with E-state index in [9.17, 15) is 9.59 Å². The SMILES string of the molecule is Cc1ccc(NC(=O)C2Cc3ccccc3CN2C(=O)CC(C)C)c2cccnc12. The lowest BCUT2D eigenvalue weighted by Gasteiger charge is -2.36. The molecule has 1 aromatic heterocycles. The van der Waals surface area contributed by atoms with Gasteiger partial charge in [0.25, 0.3) is 0 Å². The number of carbonyl (C=O) groups is 2. The van der Waals surface area contributed by atoms with E-state index < -0.39 is 6.04 Å². The number of aryl methyl sites for hydroxylation is 1. The molecule has 0 saturated carbocycles. The summed E-state index contributed by atoms with van der Waals surface area (Å²) in [5.74, 6) is 0.108. The van der Waals surface area contributed by atoms with Crippen LogP contribution in [0.25, 0.3) is 10.9 Å². The highest BCUT2D eigenvalue weighted by Crippen LogP contribution is 2.28. The van der Waals surface area contributed by atoms with Crippen molar-refractivity contribution in [2.24, 2.45) is 5.92 Å². The van der Waals surface area contributed by atoms with Gasteiger partial charge >= 0.3 is 0 Å². The number of pyridine rings is 1. The zero-order valence-corrected chi connectivity index (χ0v) is 17.7. The molecule has 0 radical (unpaired) electrons. The summed E-state index contributed by atoms with van der Waals surface area (Å²) in [5.41, 5.74) is 4.90. The Bertz CT molecular complexity index is 1110. The van der Waals surface area contributed by atoms with Crippen LogP contribution in [0.3, 0.4) is 0 Å². The van der Waals surface area contributed by atoms with E-state index in [1.807, 2.05) is 69.3 Å². The summed E-state index contributed by atoms with van der Waals surface area (Å²) < 4.78 is 0. The number of benzene rings is 2. The molecule has 0 aliphatic carbocycles. The van der Waals surface area contributed by atoms with Crippen LogP contribution in [0.4, 0.5) is 5.69 Å². The molecule has 4 rings (SSSR count). The Morgan fingerprint density at radius 1 is 1.10 bits per heavy atom. The molecule has 0 saturated heterocycles. The third-order valence-electron chi connectivity index (χ3n) is 5.68. The number of fused-ring (bicyclic) bond motifs is 2. The molecular formula is C25H27N3O2. The van der Waals surface area contributed by atoms with Crippen LogP contribution in [-0.2, 0) is 22.6 Å². The Labute approximate surface area is 177 Å². The highest BCUT2D eigenvalue weighted by atomic mass is 16.2. The second kappa shape index (κ2) is 8.27. The fourth-order valence-corrected chi connectivity index (χ4v) is 4.12. The van der Waals surface area contributed by atoms with Gasteiger partial charge in [-0.25, -0.2) is 0 Å². The van der Waals surface area contributed by atoms with Gasteiger partial charge < -0.3 is 10.2 Å². The van der Waals surface area contributed by atoms with E-state index in [1.165, 1.54) is 0 Å². The van der Waals surface area contributed by atoms with Crippen molar-refractivity contribution in [3.63, 3.8) is 0 Å². The van der Waals surface area contributed by atoms with Gasteiger partial charge in [0.1, 0.15) is 6.04 Å².